The maximum absolute atomic E-state index is 3.79. The Morgan fingerprint density at radius 1 is 0.400 bits per heavy atom. The lowest BCUT2D eigenvalue weighted by molar-refractivity contribution is -0.906. The van der Waals surface area contributed by atoms with Crippen LogP contribution in [0.1, 0.15) is 25.7 Å². The Kier molecular flexibility index (Phi) is 15.3. The van der Waals surface area contributed by atoms with E-state index in [0.717, 1.165) is 56.3 Å². The van der Waals surface area contributed by atoms with Crippen molar-refractivity contribution in [2.24, 2.45) is 0 Å². The van der Waals surface area contributed by atoms with Crippen molar-refractivity contribution in [1.29, 1.82) is 0 Å². The molecule has 0 bridgehead atoms. The van der Waals surface area contributed by atoms with Crippen molar-refractivity contribution in [1.82, 2.24) is 0 Å². The molecular weight excluding hydrogens is 302 g/mol. The molecule has 0 saturated heterocycles. The van der Waals surface area contributed by atoms with Gasteiger partial charge >= 0.3 is 0 Å². The molecule has 0 amide bonds. The van der Waals surface area contributed by atoms with Gasteiger partial charge in [0.25, 0.3) is 0 Å². The van der Waals surface area contributed by atoms with E-state index >= 15 is 0 Å². The first kappa shape index (κ1) is 22.9. The average molecular weight is 339 g/mol. The summed E-state index contributed by atoms with van der Waals surface area (Å²) in [6.07, 6.45) is 29.4. The van der Waals surface area contributed by atoms with Crippen molar-refractivity contribution in [2.45, 2.75) is 25.7 Å². The van der Waals surface area contributed by atoms with Crippen molar-refractivity contribution in [3.8, 4) is 0 Å². The maximum atomic E-state index is 3.79. The molecule has 0 radical (unpaired) electrons. The zero-order valence-corrected chi connectivity index (χ0v) is 15.9. The summed E-state index contributed by atoms with van der Waals surface area (Å²) < 4.78 is 0.975. The Bertz CT molecular complexity index is 395. The minimum absolute atomic E-state index is 0.922. The smallest absolute Gasteiger partial charge is 0.0981 e. The van der Waals surface area contributed by atoms with Gasteiger partial charge in [0.2, 0.25) is 0 Å². The zero-order valence-electron chi connectivity index (χ0n) is 15.9. The van der Waals surface area contributed by atoms with Crippen LogP contribution in [0.15, 0.2) is 99.2 Å². The van der Waals surface area contributed by atoms with Gasteiger partial charge in [-0.1, -0.05) is 48.6 Å². The molecule has 136 valence electrons. The summed E-state index contributed by atoms with van der Waals surface area (Å²) in [5.74, 6) is 0. The van der Waals surface area contributed by atoms with Crippen molar-refractivity contribution in [3.63, 3.8) is 0 Å². The Hall–Kier alpha value is -2.12. The molecule has 1 nitrogen and oxygen atoms in total. The number of hydrogen-bond donors (Lipinski definition) is 0. The summed E-state index contributed by atoms with van der Waals surface area (Å²) in [7, 11) is 0. The summed E-state index contributed by atoms with van der Waals surface area (Å²) in [5.41, 5.74) is 0. The van der Waals surface area contributed by atoms with Gasteiger partial charge in [-0.15, -0.1) is 26.3 Å². The van der Waals surface area contributed by atoms with Crippen LogP contribution in [0.3, 0.4) is 0 Å². The average Bonchev–Trinajstić information content (AvgIpc) is 2.63. The van der Waals surface area contributed by atoms with E-state index in [4.69, 9.17) is 0 Å². The van der Waals surface area contributed by atoms with Crippen LogP contribution in [0.25, 0.3) is 0 Å². The van der Waals surface area contributed by atoms with Crippen LogP contribution in [-0.4, -0.2) is 30.7 Å². The first-order valence-electron chi connectivity index (χ1n) is 9.13. The van der Waals surface area contributed by atoms with Crippen LogP contribution >= 0.6 is 0 Å². The number of rotatable bonds is 16. The molecule has 0 atom stereocenters. The van der Waals surface area contributed by atoms with Gasteiger partial charge in [-0.2, -0.15) is 0 Å². The Balaban J connectivity index is 5.22. The molecule has 0 heterocycles. The highest BCUT2D eigenvalue weighted by Crippen LogP contribution is 2.11. The van der Waals surface area contributed by atoms with Crippen LogP contribution < -0.4 is 0 Å². The van der Waals surface area contributed by atoms with Crippen LogP contribution in [0.5, 0.6) is 0 Å². The summed E-state index contributed by atoms with van der Waals surface area (Å²) >= 11 is 0. The molecule has 0 unspecified atom stereocenters. The summed E-state index contributed by atoms with van der Waals surface area (Å²) in [6, 6.07) is 0. The lowest BCUT2D eigenvalue weighted by atomic mass is 10.2. The molecule has 0 N–H and O–H groups in total. The molecule has 1 heteroatoms. The molecule has 0 aromatic carbocycles. The van der Waals surface area contributed by atoms with E-state index in [2.05, 4.69) is 74.9 Å². The SMILES string of the molecule is C=CCC=CC[N+](CC=CCC=C)(CC=CCC=C)CC=CCC=C. The fourth-order valence-electron chi connectivity index (χ4n) is 2.41. The van der Waals surface area contributed by atoms with Gasteiger partial charge in [0, 0.05) is 0 Å². The molecule has 0 rings (SSSR count). The third-order valence-corrected chi connectivity index (χ3v) is 3.85. The fourth-order valence-corrected chi connectivity index (χ4v) is 2.41. The van der Waals surface area contributed by atoms with Gasteiger partial charge in [-0.25, -0.2) is 0 Å². The van der Waals surface area contributed by atoms with Crippen LogP contribution in [0.2, 0.25) is 0 Å². The second-order valence-corrected chi connectivity index (χ2v) is 6.06. The highest BCUT2D eigenvalue weighted by Gasteiger charge is 2.21. The molecule has 0 saturated carbocycles. The number of nitrogens with zero attached hydrogens (tertiary/aromatic N) is 1. The second-order valence-electron chi connectivity index (χ2n) is 6.06. The molecule has 0 aliphatic rings. The van der Waals surface area contributed by atoms with Gasteiger partial charge in [-0.05, 0) is 50.0 Å². The minimum Gasteiger partial charge on any atom is -0.311 e. The van der Waals surface area contributed by atoms with E-state index in [0.29, 0.717) is 0 Å². The Labute approximate surface area is 156 Å². The molecule has 0 aliphatic heterocycles. The predicted molar refractivity (Wildman–Crippen MR) is 116 cm³/mol. The summed E-state index contributed by atoms with van der Waals surface area (Å²) in [6.45, 7) is 19.2. The van der Waals surface area contributed by atoms with E-state index in [-0.39, 0.29) is 0 Å². The van der Waals surface area contributed by atoms with Gasteiger partial charge in [0.05, 0.1) is 26.2 Å². The number of hydrogen-bond acceptors (Lipinski definition) is 0. The lowest BCUT2D eigenvalue weighted by Gasteiger charge is -2.35. The zero-order chi connectivity index (χ0) is 18.6. The molecular formula is C24H36N+. The van der Waals surface area contributed by atoms with Crippen molar-refractivity contribution in [3.05, 3.63) is 99.2 Å². The third-order valence-electron chi connectivity index (χ3n) is 3.85. The van der Waals surface area contributed by atoms with Crippen LogP contribution in [0.4, 0.5) is 0 Å². The van der Waals surface area contributed by atoms with E-state index in [9.17, 15) is 0 Å². The quantitative estimate of drug-likeness (QED) is 0.228. The van der Waals surface area contributed by atoms with E-state index in [1.54, 1.807) is 0 Å². The third kappa shape index (κ3) is 12.9. The first-order valence-corrected chi connectivity index (χ1v) is 9.13. The highest BCUT2D eigenvalue weighted by atomic mass is 15.3. The molecule has 0 aromatic rings. The van der Waals surface area contributed by atoms with Crippen LogP contribution in [0, 0.1) is 0 Å². The largest absolute Gasteiger partial charge is 0.311 e. The van der Waals surface area contributed by atoms with Gasteiger partial charge in [0.1, 0.15) is 0 Å². The van der Waals surface area contributed by atoms with E-state index in [1.807, 2.05) is 24.3 Å². The van der Waals surface area contributed by atoms with E-state index in [1.165, 1.54) is 0 Å². The maximum Gasteiger partial charge on any atom is 0.0981 e. The standard InChI is InChI=1S/C24H36N/c1-5-9-13-17-21-25(22-18-14-10-6-2,23-19-15-11-7-3)24-20-16-12-8-4/h5-8,13-20H,1-4,9-12,21-24H2/q+1. The minimum atomic E-state index is 0.922. The Morgan fingerprint density at radius 3 is 0.840 bits per heavy atom. The predicted octanol–water partition coefficient (Wildman–Crippen LogP) is 6.33. The monoisotopic (exact) mass is 338 g/mol. The summed E-state index contributed by atoms with van der Waals surface area (Å²) in [4.78, 5) is 0. The number of allylic oxidation sites excluding steroid dienone is 8. The molecule has 0 spiro atoms. The fraction of sp³-hybridized carbons (Fsp3) is 0.333. The molecule has 0 aliphatic carbocycles. The van der Waals surface area contributed by atoms with Gasteiger partial charge in [0.15, 0.2) is 0 Å². The molecule has 0 aromatic heterocycles. The van der Waals surface area contributed by atoms with E-state index < -0.39 is 0 Å². The van der Waals surface area contributed by atoms with Crippen molar-refractivity contribution < 1.29 is 4.48 Å². The summed E-state index contributed by atoms with van der Waals surface area (Å²) in [5, 5.41) is 0. The number of quaternary nitrogens is 1. The van der Waals surface area contributed by atoms with Crippen molar-refractivity contribution in [2.75, 3.05) is 26.2 Å². The highest BCUT2D eigenvalue weighted by molar-refractivity contribution is 4.95. The van der Waals surface area contributed by atoms with Crippen LogP contribution in [-0.2, 0) is 0 Å². The first-order chi connectivity index (χ1) is 12.2. The van der Waals surface area contributed by atoms with Gasteiger partial charge in [-0.3, -0.25) is 0 Å². The molecule has 0 fully saturated rings. The van der Waals surface area contributed by atoms with Gasteiger partial charge < -0.3 is 4.48 Å². The molecule has 25 heavy (non-hydrogen) atoms. The second kappa shape index (κ2) is 16.7. The lowest BCUT2D eigenvalue weighted by Crippen LogP contribution is -2.48. The topological polar surface area (TPSA) is 0 Å². The normalized spacial score (nSPS) is 14.4. The Morgan fingerprint density at radius 2 is 0.640 bits per heavy atom. The van der Waals surface area contributed by atoms with Crippen molar-refractivity contribution >= 4 is 0 Å².